The molecule has 0 aliphatic carbocycles. The molecule has 0 bridgehead atoms. The molecule has 1 atom stereocenters. The number of carbonyl (C=O) groups is 2. The maximum atomic E-state index is 14.0. The van der Waals surface area contributed by atoms with Gasteiger partial charge in [-0.05, 0) is 51.6 Å². The molecule has 2 fully saturated rings. The van der Waals surface area contributed by atoms with Crippen molar-refractivity contribution in [3.63, 3.8) is 0 Å². The van der Waals surface area contributed by atoms with Crippen LogP contribution in [0.25, 0.3) is 0 Å². The van der Waals surface area contributed by atoms with Gasteiger partial charge in [-0.1, -0.05) is 17.7 Å². The Labute approximate surface area is 238 Å². The monoisotopic (exact) mass is 580 g/mol. The zero-order valence-corrected chi connectivity index (χ0v) is 24.1. The molecule has 2 aromatic rings. The van der Waals surface area contributed by atoms with Gasteiger partial charge in [-0.3, -0.25) is 19.4 Å². The number of piperazine rings is 1. The summed E-state index contributed by atoms with van der Waals surface area (Å²) in [5, 5.41) is 0.485. The lowest BCUT2D eigenvalue weighted by Crippen LogP contribution is -2.48. The van der Waals surface area contributed by atoms with Crippen LogP contribution in [-0.2, 0) is 15.8 Å². The van der Waals surface area contributed by atoms with Gasteiger partial charge in [0.15, 0.2) is 0 Å². The van der Waals surface area contributed by atoms with E-state index in [2.05, 4.69) is 21.8 Å². The van der Waals surface area contributed by atoms with Crippen molar-refractivity contribution in [2.75, 3.05) is 74.6 Å². The number of amides is 2. The lowest BCUT2D eigenvalue weighted by atomic mass is 10.1. The molecule has 0 spiro atoms. The maximum absolute atomic E-state index is 14.0. The molecule has 2 aliphatic heterocycles. The fourth-order valence-corrected chi connectivity index (χ4v) is 5.66. The van der Waals surface area contributed by atoms with E-state index in [1.165, 1.54) is 6.92 Å². The second-order valence-corrected chi connectivity index (χ2v) is 10.8. The summed E-state index contributed by atoms with van der Waals surface area (Å²) < 4.78 is 40.6. The molecule has 2 amide bonds. The molecule has 0 saturated carbocycles. The predicted molar refractivity (Wildman–Crippen MR) is 151 cm³/mol. The Hall–Kier alpha value is -2.89. The van der Waals surface area contributed by atoms with Crippen molar-refractivity contribution >= 4 is 40.6 Å². The fourth-order valence-electron chi connectivity index (χ4n) is 5.34. The Kier molecular flexibility index (Phi) is 9.26. The number of rotatable bonds is 8. The van der Waals surface area contributed by atoms with Crippen LogP contribution in [0.15, 0.2) is 30.3 Å². The number of hydrogen-bond donors (Lipinski definition) is 0. The molecular weight excluding hydrogens is 545 g/mol. The third-order valence-corrected chi connectivity index (χ3v) is 7.88. The first kappa shape index (κ1) is 30.1. The Morgan fingerprint density at radius 3 is 2.52 bits per heavy atom. The summed E-state index contributed by atoms with van der Waals surface area (Å²) in [4.78, 5) is 40.5. The van der Waals surface area contributed by atoms with Gasteiger partial charge in [-0.25, -0.2) is 4.98 Å². The summed E-state index contributed by atoms with van der Waals surface area (Å²) in [5.74, 6) is -0.989. The number of aromatic nitrogens is 1. The van der Waals surface area contributed by atoms with Crippen molar-refractivity contribution in [2.45, 2.75) is 38.9 Å². The third-order valence-electron chi connectivity index (χ3n) is 7.58. The number of hydrogen-bond acceptors (Lipinski definition) is 6. The van der Waals surface area contributed by atoms with Crippen molar-refractivity contribution in [1.82, 2.24) is 14.8 Å². The molecule has 1 aromatic heterocycles. The molecule has 12 heteroatoms. The highest BCUT2D eigenvalue weighted by Crippen LogP contribution is 2.38. The van der Waals surface area contributed by atoms with Gasteiger partial charge < -0.3 is 14.7 Å². The molecule has 40 heavy (non-hydrogen) atoms. The van der Waals surface area contributed by atoms with Crippen LogP contribution in [0.1, 0.15) is 31.0 Å². The van der Waals surface area contributed by atoms with E-state index in [1.54, 1.807) is 17.0 Å². The van der Waals surface area contributed by atoms with E-state index in [0.29, 0.717) is 22.9 Å². The van der Waals surface area contributed by atoms with Crippen LogP contribution in [0.2, 0.25) is 5.02 Å². The number of anilines is 3. The van der Waals surface area contributed by atoms with Crippen LogP contribution in [0.5, 0.6) is 0 Å². The van der Waals surface area contributed by atoms with Crippen molar-refractivity contribution < 1.29 is 22.8 Å². The highest BCUT2D eigenvalue weighted by atomic mass is 35.5. The molecule has 2 saturated heterocycles. The number of benzene rings is 1. The zero-order valence-electron chi connectivity index (χ0n) is 23.3. The summed E-state index contributed by atoms with van der Waals surface area (Å²) in [7, 11) is 4.04. The molecule has 8 nitrogen and oxygen atoms in total. The standard InChI is InChI=1S/C28H36ClF3N6O2/c1-5-37(22-8-6-7-21(29)26(22)35(4)13-16-36-14-11-34(3)12-15-36)27(40)23-9-10-25(39)38(23)24-18-20(28(30,31)32)17-19(2)33-24/h6-8,17-18,23H,5,9-16H2,1-4H3. The summed E-state index contributed by atoms with van der Waals surface area (Å²) in [6.07, 6.45) is -4.39. The Bertz CT molecular complexity index is 1240. The van der Waals surface area contributed by atoms with Crippen molar-refractivity contribution in [3.8, 4) is 0 Å². The van der Waals surface area contributed by atoms with Crippen LogP contribution in [0.3, 0.4) is 0 Å². The number of alkyl halides is 3. The van der Waals surface area contributed by atoms with Crippen molar-refractivity contribution in [1.29, 1.82) is 0 Å². The van der Waals surface area contributed by atoms with E-state index < -0.39 is 23.7 Å². The van der Waals surface area contributed by atoms with Crippen LogP contribution >= 0.6 is 11.6 Å². The molecular formula is C28H36ClF3N6O2. The minimum atomic E-state index is -4.61. The number of likely N-dealkylation sites (N-methyl/N-ethyl adjacent to an activating group) is 3. The summed E-state index contributed by atoms with van der Waals surface area (Å²) in [5.41, 5.74) is 0.486. The number of pyridine rings is 1. The van der Waals surface area contributed by atoms with E-state index in [9.17, 15) is 22.8 Å². The quantitative estimate of drug-likeness (QED) is 0.464. The van der Waals surface area contributed by atoms with E-state index in [-0.39, 0.29) is 36.8 Å². The topological polar surface area (TPSA) is 63.2 Å². The van der Waals surface area contributed by atoms with Gasteiger partial charge in [0.2, 0.25) is 11.8 Å². The third kappa shape index (κ3) is 6.53. The average Bonchev–Trinajstić information content (AvgIpc) is 3.29. The number of nitrogens with zero attached hydrogens (tertiary/aromatic N) is 6. The van der Waals surface area contributed by atoms with E-state index >= 15 is 0 Å². The smallest absolute Gasteiger partial charge is 0.370 e. The first-order valence-corrected chi connectivity index (χ1v) is 13.9. The first-order chi connectivity index (χ1) is 18.9. The van der Waals surface area contributed by atoms with Crippen LogP contribution in [0, 0.1) is 6.92 Å². The Morgan fingerprint density at radius 2 is 1.88 bits per heavy atom. The summed E-state index contributed by atoms with van der Waals surface area (Å²) in [6.45, 7) is 9.04. The molecule has 2 aliphatic rings. The second kappa shape index (κ2) is 12.3. The molecule has 1 unspecified atom stereocenters. The van der Waals surface area contributed by atoms with Crippen molar-refractivity contribution in [2.24, 2.45) is 0 Å². The Balaban J connectivity index is 1.61. The van der Waals surface area contributed by atoms with Crippen LogP contribution in [0.4, 0.5) is 30.4 Å². The molecule has 3 heterocycles. The first-order valence-electron chi connectivity index (χ1n) is 13.5. The second-order valence-electron chi connectivity index (χ2n) is 10.4. The number of para-hydroxylation sites is 1. The van der Waals surface area contributed by atoms with Gasteiger partial charge in [0.1, 0.15) is 11.9 Å². The van der Waals surface area contributed by atoms with Gasteiger partial charge in [0, 0.05) is 65.0 Å². The minimum Gasteiger partial charge on any atom is -0.370 e. The molecule has 0 radical (unpaired) electrons. The largest absolute Gasteiger partial charge is 0.416 e. The maximum Gasteiger partial charge on any atom is 0.416 e. The van der Waals surface area contributed by atoms with E-state index in [0.717, 1.165) is 49.8 Å². The van der Waals surface area contributed by atoms with Gasteiger partial charge in [-0.15, -0.1) is 0 Å². The van der Waals surface area contributed by atoms with Gasteiger partial charge >= 0.3 is 6.18 Å². The van der Waals surface area contributed by atoms with Gasteiger partial charge in [-0.2, -0.15) is 13.2 Å². The van der Waals surface area contributed by atoms with Gasteiger partial charge in [0.25, 0.3) is 0 Å². The molecule has 4 rings (SSSR count). The molecule has 218 valence electrons. The highest BCUT2D eigenvalue weighted by Gasteiger charge is 2.42. The molecule has 1 aromatic carbocycles. The Morgan fingerprint density at radius 1 is 1.18 bits per heavy atom. The molecule has 0 N–H and O–H groups in total. The minimum absolute atomic E-state index is 0.0399. The highest BCUT2D eigenvalue weighted by molar-refractivity contribution is 6.34. The zero-order chi connectivity index (χ0) is 29.2. The van der Waals surface area contributed by atoms with E-state index in [1.807, 2.05) is 24.9 Å². The van der Waals surface area contributed by atoms with Gasteiger partial charge in [0.05, 0.1) is 22.0 Å². The normalized spacial score (nSPS) is 18.9. The number of carbonyl (C=O) groups excluding carboxylic acids is 2. The summed E-state index contributed by atoms with van der Waals surface area (Å²) >= 11 is 6.67. The van der Waals surface area contributed by atoms with E-state index in [4.69, 9.17) is 11.6 Å². The van der Waals surface area contributed by atoms with Crippen molar-refractivity contribution in [3.05, 3.63) is 46.6 Å². The lowest BCUT2D eigenvalue weighted by Gasteiger charge is -2.35. The number of halogens is 4. The van der Waals surface area contributed by atoms with Crippen LogP contribution < -0.4 is 14.7 Å². The van der Waals surface area contributed by atoms with Crippen LogP contribution in [-0.4, -0.2) is 92.5 Å². The number of aryl methyl sites for hydroxylation is 1. The fraction of sp³-hybridized carbons (Fsp3) is 0.536. The SMILES string of the molecule is CCN(C(=O)C1CCC(=O)N1c1cc(C(F)(F)F)cc(C)n1)c1cccc(Cl)c1N(C)CCN1CCN(C)CC1. The average molecular weight is 581 g/mol. The summed E-state index contributed by atoms with van der Waals surface area (Å²) in [6, 6.07) is 6.12. The predicted octanol–water partition coefficient (Wildman–Crippen LogP) is 4.29. The lowest BCUT2D eigenvalue weighted by molar-refractivity contribution is -0.137.